The normalized spacial score (nSPS) is 47.3. The highest BCUT2D eigenvalue weighted by Gasteiger charge is 2.85. The van der Waals surface area contributed by atoms with Crippen molar-refractivity contribution in [1.82, 2.24) is 9.80 Å². The molecule has 1 N–H and O–H groups in total. The smallest absolute Gasteiger partial charge is 0.303 e. The maximum atomic E-state index is 15.1. The number of ketones is 1. The minimum atomic E-state index is -1.28. The van der Waals surface area contributed by atoms with Crippen LogP contribution in [0.2, 0.25) is 0 Å². The summed E-state index contributed by atoms with van der Waals surface area (Å²) in [6, 6.07) is 0. The van der Waals surface area contributed by atoms with Crippen molar-refractivity contribution in [2.24, 2.45) is 56.7 Å². The molecule has 4 unspecified atom stereocenters. The number of hydrogen-bond acceptors (Lipinski definition) is 10. The summed E-state index contributed by atoms with van der Waals surface area (Å²) in [5.74, 6) is 1.79. The van der Waals surface area contributed by atoms with E-state index in [1.807, 2.05) is 0 Å². The molecule has 0 aromatic carbocycles. The molecule has 8 rings (SSSR count). The Morgan fingerprint density at radius 3 is 2.43 bits per heavy atom. The van der Waals surface area contributed by atoms with Gasteiger partial charge in [0.05, 0.1) is 31.0 Å². The van der Waals surface area contributed by atoms with E-state index in [2.05, 4.69) is 44.4 Å². The Bertz CT molecular complexity index is 1430. The summed E-state index contributed by atoms with van der Waals surface area (Å²) in [5.41, 5.74) is -1.41. The Hall–Kier alpha value is -1.14. The zero-order valence-corrected chi connectivity index (χ0v) is 34.3. The van der Waals surface area contributed by atoms with Gasteiger partial charge in [-0.25, -0.2) is 0 Å². The van der Waals surface area contributed by atoms with Crippen molar-refractivity contribution in [2.45, 2.75) is 143 Å². The fraction of sp³-hybridized carbons (Fsp3) is 0.953. The van der Waals surface area contributed by atoms with E-state index < -0.39 is 35.3 Å². The Kier molecular flexibility index (Phi) is 9.65. The molecule has 53 heavy (non-hydrogen) atoms. The third kappa shape index (κ3) is 5.79. The molecule has 0 amide bonds. The molecule has 0 bridgehead atoms. The molecule has 3 heterocycles. The maximum Gasteiger partial charge on any atom is 0.303 e. The van der Waals surface area contributed by atoms with Gasteiger partial charge in [0, 0.05) is 64.6 Å². The largest absolute Gasteiger partial charge is 0.457 e. The number of fused-ring (bicyclic) bond motifs is 4. The Labute approximate surface area is 318 Å². The van der Waals surface area contributed by atoms with Crippen LogP contribution in [-0.2, 0) is 33.3 Å². The van der Waals surface area contributed by atoms with Gasteiger partial charge >= 0.3 is 5.97 Å². The monoisotopic (exact) mass is 743 g/mol. The quantitative estimate of drug-likeness (QED) is 0.296. The highest BCUT2D eigenvalue weighted by atomic mass is 16.7. The average molecular weight is 743 g/mol. The third-order valence-corrected chi connectivity index (χ3v) is 17.4. The highest BCUT2D eigenvalue weighted by Crippen LogP contribution is 2.89. The van der Waals surface area contributed by atoms with E-state index in [4.69, 9.17) is 23.7 Å². The molecule has 5 aliphatic carbocycles. The number of ether oxygens (including phenoxy) is 5. The van der Waals surface area contributed by atoms with Crippen LogP contribution < -0.4 is 0 Å². The summed E-state index contributed by atoms with van der Waals surface area (Å²) in [4.78, 5) is 32.3. The number of likely N-dealkylation sites (tertiary alicyclic amines) is 1. The van der Waals surface area contributed by atoms with Gasteiger partial charge in [-0.1, -0.05) is 34.6 Å². The number of carbonyl (C=O) groups excluding carboxylic acids is 2. The van der Waals surface area contributed by atoms with Crippen LogP contribution in [-0.4, -0.2) is 123 Å². The summed E-state index contributed by atoms with van der Waals surface area (Å²) in [7, 11) is 1.78. The van der Waals surface area contributed by atoms with Gasteiger partial charge in [-0.2, -0.15) is 0 Å². The zero-order valence-electron chi connectivity index (χ0n) is 34.3. The van der Waals surface area contributed by atoms with Crippen molar-refractivity contribution >= 4 is 11.8 Å². The predicted octanol–water partition coefficient (Wildman–Crippen LogP) is 5.33. The van der Waals surface area contributed by atoms with Crippen LogP contribution in [0.4, 0.5) is 0 Å². The van der Waals surface area contributed by atoms with Crippen molar-refractivity contribution in [2.75, 3.05) is 59.6 Å². The number of morpholine rings is 1. The minimum absolute atomic E-state index is 0.0250. The molecule has 10 heteroatoms. The standard InChI is InChI=1S/C43H70N2O8/c1-26-20-29(37(39(5,6)48)51-27(2)46)52-35-34(26)40(7)14-15-43-25-42(43)13-12-32(38(3,4)30(42)10-11-31(43)41(40,8)36(35)47)53-33-24-45(17-19-50-33)23-28-21-44(22-28)16-18-49-9/h26,28-35,37,48H,10-25H2,1-9H3/t26-,29?,30+,31?,32+,33+,34+,35?,37+,40-,41?,42-,43+/m1/s1. The summed E-state index contributed by atoms with van der Waals surface area (Å²) < 4.78 is 31.0. The fourth-order valence-electron chi connectivity index (χ4n) is 15.0. The number of aliphatic hydroxyl groups is 1. The zero-order chi connectivity index (χ0) is 37.9. The van der Waals surface area contributed by atoms with Crippen LogP contribution in [0.1, 0.15) is 107 Å². The lowest BCUT2D eigenvalue weighted by Crippen LogP contribution is -2.60. The Morgan fingerprint density at radius 1 is 1.02 bits per heavy atom. The molecule has 5 saturated carbocycles. The number of methoxy groups -OCH3 is 1. The third-order valence-electron chi connectivity index (χ3n) is 17.4. The van der Waals surface area contributed by atoms with E-state index in [1.54, 1.807) is 21.0 Å². The van der Waals surface area contributed by atoms with Gasteiger partial charge in [-0.15, -0.1) is 0 Å². The molecule has 0 aromatic heterocycles. The summed E-state index contributed by atoms with van der Waals surface area (Å²) in [6.07, 6.45) is 6.71. The van der Waals surface area contributed by atoms with Crippen molar-refractivity contribution in [3.05, 3.63) is 0 Å². The van der Waals surface area contributed by atoms with E-state index in [9.17, 15) is 9.90 Å². The lowest BCUT2D eigenvalue weighted by molar-refractivity contribution is -0.248. The van der Waals surface area contributed by atoms with E-state index in [-0.39, 0.29) is 51.7 Å². The van der Waals surface area contributed by atoms with E-state index in [1.165, 1.54) is 26.2 Å². The van der Waals surface area contributed by atoms with E-state index >= 15 is 4.79 Å². The Morgan fingerprint density at radius 2 is 1.74 bits per heavy atom. The summed E-state index contributed by atoms with van der Waals surface area (Å²) in [6.45, 7) is 24.5. The molecule has 3 aliphatic heterocycles. The van der Waals surface area contributed by atoms with Crippen molar-refractivity contribution < 1.29 is 38.4 Å². The van der Waals surface area contributed by atoms with Crippen LogP contribution in [0.25, 0.3) is 0 Å². The van der Waals surface area contributed by atoms with Gasteiger partial charge in [0.2, 0.25) is 0 Å². The highest BCUT2D eigenvalue weighted by molar-refractivity contribution is 5.93. The number of Topliss-reactive ketones (excluding diaryl/α,β-unsaturated/α-hetero) is 1. The molecular formula is C43H70N2O8. The first kappa shape index (κ1) is 38.7. The molecule has 2 spiro atoms. The Balaban J connectivity index is 0.959. The van der Waals surface area contributed by atoms with Crippen molar-refractivity contribution in [3.63, 3.8) is 0 Å². The molecule has 8 fully saturated rings. The number of rotatable bonds is 10. The lowest BCUT2D eigenvalue weighted by Gasteiger charge is -2.62. The number of nitrogens with zero attached hydrogens (tertiary/aromatic N) is 2. The summed E-state index contributed by atoms with van der Waals surface area (Å²) >= 11 is 0. The molecule has 0 aromatic rings. The second kappa shape index (κ2) is 13.2. The molecular weight excluding hydrogens is 672 g/mol. The minimum Gasteiger partial charge on any atom is -0.457 e. The second-order valence-corrected chi connectivity index (χ2v) is 20.8. The summed E-state index contributed by atoms with van der Waals surface area (Å²) in [5, 5.41) is 11.1. The first-order chi connectivity index (χ1) is 24.9. The van der Waals surface area contributed by atoms with Gasteiger partial charge in [0.1, 0.15) is 6.10 Å². The molecule has 10 nitrogen and oxygen atoms in total. The van der Waals surface area contributed by atoms with Crippen LogP contribution in [0.15, 0.2) is 0 Å². The first-order valence-electron chi connectivity index (χ1n) is 21.2. The van der Waals surface area contributed by atoms with Crippen LogP contribution >= 0.6 is 0 Å². The van der Waals surface area contributed by atoms with Crippen LogP contribution in [0.3, 0.4) is 0 Å². The topological polar surface area (TPSA) is 107 Å². The van der Waals surface area contributed by atoms with Gasteiger partial charge in [-0.05, 0) is 111 Å². The molecule has 300 valence electrons. The van der Waals surface area contributed by atoms with Gasteiger partial charge in [0.15, 0.2) is 18.2 Å². The predicted molar refractivity (Wildman–Crippen MR) is 200 cm³/mol. The SMILES string of the molecule is COCCN1CC(CN2CCO[C@@H](O[C@H]3CC[C@]45C[C@]46CC[C@]4(C)[C@@H]7C(OC([C@H](OC(C)=O)C(C)(C)O)C[C@H]7C)C(=O)C4(C)C6CC[C@H]5C3(C)C)C2)C1. The average Bonchev–Trinajstić information content (AvgIpc) is 3.70. The second-order valence-electron chi connectivity index (χ2n) is 20.8. The fourth-order valence-corrected chi connectivity index (χ4v) is 15.0. The maximum absolute atomic E-state index is 15.1. The van der Waals surface area contributed by atoms with Crippen molar-refractivity contribution in [1.29, 1.82) is 0 Å². The number of carbonyl (C=O) groups is 2. The van der Waals surface area contributed by atoms with Gasteiger partial charge in [0.25, 0.3) is 0 Å². The van der Waals surface area contributed by atoms with Crippen LogP contribution in [0.5, 0.6) is 0 Å². The van der Waals surface area contributed by atoms with Gasteiger partial charge < -0.3 is 33.7 Å². The number of hydrogen-bond donors (Lipinski definition) is 1. The molecule has 13 atom stereocenters. The van der Waals surface area contributed by atoms with Crippen LogP contribution in [0, 0.1) is 56.7 Å². The van der Waals surface area contributed by atoms with Gasteiger partial charge in [-0.3, -0.25) is 14.5 Å². The molecule has 3 saturated heterocycles. The molecule has 8 aliphatic rings. The lowest BCUT2D eigenvalue weighted by atomic mass is 9.41. The molecule has 0 radical (unpaired) electrons. The van der Waals surface area contributed by atoms with E-state index in [0.29, 0.717) is 24.2 Å². The number of esters is 1. The first-order valence-corrected chi connectivity index (χ1v) is 21.2. The van der Waals surface area contributed by atoms with E-state index in [0.717, 1.165) is 78.2 Å². The van der Waals surface area contributed by atoms with Crippen molar-refractivity contribution in [3.8, 4) is 0 Å².